The van der Waals surface area contributed by atoms with E-state index in [2.05, 4.69) is 20.4 Å². The van der Waals surface area contributed by atoms with Gasteiger partial charge in [0.1, 0.15) is 5.75 Å². The lowest BCUT2D eigenvalue weighted by molar-refractivity contribution is -0.274. The van der Waals surface area contributed by atoms with E-state index in [9.17, 15) is 27.9 Å². The largest absolute Gasteiger partial charge is 0.573 e. The Labute approximate surface area is 223 Å². The second kappa shape index (κ2) is 10.1. The van der Waals surface area contributed by atoms with E-state index >= 15 is 0 Å². The Bertz CT molecular complexity index is 1410. The molecule has 0 saturated carbocycles. The molecule has 0 bridgehead atoms. The van der Waals surface area contributed by atoms with E-state index in [0.29, 0.717) is 28.2 Å². The SMILES string of the molecule is CN1c2ccc(C(=O)O)cc2NC1(Nc1nc2ccc(OC(F)(F)F)cc2s1)C(OCC1CCCO1)C(N)=O. The number of anilines is 3. The summed E-state index contributed by atoms with van der Waals surface area (Å²) < 4.78 is 54.1. The minimum Gasteiger partial charge on any atom is -0.478 e. The lowest BCUT2D eigenvalue weighted by Crippen LogP contribution is -2.67. The Morgan fingerprint density at radius 2 is 2.15 bits per heavy atom. The van der Waals surface area contributed by atoms with E-state index in [1.807, 2.05) is 0 Å². The molecule has 5 rings (SSSR count). The normalized spacial score (nSPS) is 21.4. The number of carbonyl (C=O) groups excluding carboxylic acids is 1. The minimum atomic E-state index is -4.85. The summed E-state index contributed by atoms with van der Waals surface area (Å²) in [6.07, 6.45) is -4.83. The molecule has 39 heavy (non-hydrogen) atoms. The number of likely N-dealkylation sites (N-methyl/N-ethyl adjacent to an activating group) is 1. The van der Waals surface area contributed by atoms with E-state index in [-0.39, 0.29) is 23.4 Å². The van der Waals surface area contributed by atoms with Crippen LogP contribution in [0.4, 0.5) is 29.7 Å². The van der Waals surface area contributed by atoms with Crippen LogP contribution < -0.4 is 26.0 Å². The molecule has 1 fully saturated rings. The molecule has 0 spiro atoms. The van der Waals surface area contributed by atoms with Crippen LogP contribution in [0.15, 0.2) is 36.4 Å². The fourth-order valence-corrected chi connectivity index (χ4v) is 5.62. The number of rotatable bonds is 9. The molecular formula is C24H24F3N5O6S. The van der Waals surface area contributed by atoms with Crippen molar-refractivity contribution in [2.24, 2.45) is 5.73 Å². The Hall–Kier alpha value is -3.82. The molecule has 11 nitrogen and oxygen atoms in total. The first-order valence-electron chi connectivity index (χ1n) is 11.8. The zero-order chi connectivity index (χ0) is 27.9. The van der Waals surface area contributed by atoms with Gasteiger partial charge in [-0.05, 0) is 43.2 Å². The molecule has 2 aliphatic rings. The Morgan fingerprint density at radius 3 is 2.82 bits per heavy atom. The number of nitrogens with one attached hydrogen (secondary N) is 2. The van der Waals surface area contributed by atoms with Gasteiger partial charge in [-0.2, -0.15) is 0 Å². The molecule has 0 aliphatic carbocycles. The van der Waals surface area contributed by atoms with Gasteiger partial charge in [0.05, 0.1) is 39.9 Å². The topological polar surface area (TPSA) is 148 Å². The number of carboxylic acid groups (broad SMARTS) is 1. The monoisotopic (exact) mass is 567 g/mol. The molecule has 3 unspecified atom stereocenters. The predicted molar refractivity (Wildman–Crippen MR) is 136 cm³/mol. The van der Waals surface area contributed by atoms with Gasteiger partial charge < -0.3 is 40.6 Å². The molecule has 3 atom stereocenters. The molecule has 2 aromatic carbocycles. The van der Waals surface area contributed by atoms with Gasteiger partial charge in [0, 0.05) is 19.7 Å². The maximum Gasteiger partial charge on any atom is 0.573 e. The Kier molecular flexibility index (Phi) is 6.90. The number of fused-ring (bicyclic) bond motifs is 2. The van der Waals surface area contributed by atoms with Crippen LogP contribution in [0.1, 0.15) is 23.2 Å². The summed E-state index contributed by atoms with van der Waals surface area (Å²) >= 11 is 1.02. The molecule has 5 N–H and O–H groups in total. The van der Waals surface area contributed by atoms with Crippen LogP contribution in [-0.4, -0.2) is 66.6 Å². The summed E-state index contributed by atoms with van der Waals surface area (Å²) in [5.74, 6) is -3.95. The van der Waals surface area contributed by atoms with Crippen LogP contribution in [-0.2, 0) is 14.3 Å². The second-order valence-corrected chi connectivity index (χ2v) is 10.1. The van der Waals surface area contributed by atoms with Gasteiger partial charge in [0.15, 0.2) is 11.2 Å². The number of alkyl halides is 3. The lowest BCUT2D eigenvalue weighted by Gasteiger charge is -2.42. The van der Waals surface area contributed by atoms with E-state index < -0.39 is 35.9 Å². The number of thiazole rings is 1. The maximum absolute atomic E-state index is 12.8. The van der Waals surface area contributed by atoms with Gasteiger partial charge in [0.25, 0.3) is 5.91 Å². The average molecular weight is 568 g/mol. The van der Waals surface area contributed by atoms with Crippen molar-refractivity contribution in [3.05, 3.63) is 42.0 Å². The maximum atomic E-state index is 12.8. The van der Waals surface area contributed by atoms with Crippen LogP contribution in [0.25, 0.3) is 10.2 Å². The third-order valence-electron chi connectivity index (χ3n) is 6.46. The van der Waals surface area contributed by atoms with E-state index in [0.717, 1.165) is 30.2 Å². The van der Waals surface area contributed by atoms with Crippen molar-refractivity contribution in [2.45, 2.75) is 37.2 Å². The highest BCUT2D eigenvalue weighted by molar-refractivity contribution is 7.22. The molecule has 2 aliphatic heterocycles. The van der Waals surface area contributed by atoms with Crippen LogP contribution in [0.3, 0.4) is 0 Å². The molecule has 0 radical (unpaired) electrons. The smallest absolute Gasteiger partial charge is 0.478 e. The predicted octanol–water partition coefficient (Wildman–Crippen LogP) is 3.57. The number of carboxylic acids is 1. The Morgan fingerprint density at radius 1 is 1.36 bits per heavy atom. The average Bonchev–Trinajstić information content (AvgIpc) is 3.56. The van der Waals surface area contributed by atoms with Gasteiger partial charge >= 0.3 is 12.3 Å². The van der Waals surface area contributed by atoms with Crippen molar-refractivity contribution in [3.8, 4) is 5.75 Å². The molecule has 1 saturated heterocycles. The number of nitrogens with two attached hydrogens (primary N) is 1. The number of amides is 1. The van der Waals surface area contributed by atoms with Gasteiger partial charge in [-0.25, -0.2) is 9.78 Å². The number of aromatic carboxylic acids is 1. The first-order valence-corrected chi connectivity index (χ1v) is 12.6. The zero-order valence-corrected chi connectivity index (χ0v) is 21.3. The van der Waals surface area contributed by atoms with Crippen LogP contribution >= 0.6 is 11.3 Å². The second-order valence-electron chi connectivity index (χ2n) is 9.06. The number of aromatic nitrogens is 1. The minimum absolute atomic E-state index is 0.0125. The quantitative estimate of drug-likeness (QED) is 0.302. The molecule has 15 heteroatoms. The third kappa shape index (κ3) is 5.37. The summed E-state index contributed by atoms with van der Waals surface area (Å²) in [6.45, 7) is 0.646. The van der Waals surface area contributed by atoms with Gasteiger partial charge in [-0.15, -0.1) is 13.2 Å². The molecule has 1 amide bonds. The van der Waals surface area contributed by atoms with E-state index in [1.54, 1.807) is 18.0 Å². The summed E-state index contributed by atoms with van der Waals surface area (Å²) in [5, 5.41) is 16.0. The molecule has 208 valence electrons. The van der Waals surface area contributed by atoms with Gasteiger partial charge in [-0.3, -0.25) is 4.79 Å². The van der Waals surface area contributed by atoms with Gasteiger partial charge in [-0.1, -0.05) is 11.3 Å². The molecule has 1 aromatic heterocycles. The highest BCUT2D eigenvalue weighted by Crippen LogP contribution is 2.43. The van der Waals surface area contributed by atoms with Crippen molar-refractivity contribution >= 4 is 49.9 Å². The first kappa shape index (κ1) is 26.8. The van der Waals surface area contributed by atoms with Crippen LogP contribution in [0, 0.1) is 0 Å². The first-order chi connectivity index (χ1) is 18.4. The summed E-state index contributed by atoms with van der Waals surface area (Å²) in [6, 6.07) is 8.14. The Balaban J connectivity index is 1.52. The number of nitrogens with zero attached hydrogens (tertiary/aromatic N) is 2. The van der Waals surface area contributed by atoms with Crippen molar-refractivity contribution in [1.29, 1.82) is 0 Å². The lowest BCUT2D eigenvalue weighted by atomic mass is 10.1. The molecule has 3 heterocycles. The number of ether oxygens (including phenoxy) is 3. The number of halogens is 3. The summed E-state index contributed by atoms with van der Waals surface area (Å²) in [7, 11) is 1.65. The van der Waals surface area contributed by atoms with E-state index in [4.69, 9.17) is 15.2 Å². The van der Waals surface area contributed by atoms with Crippen molar-refractivity contribution in [3.63, 3.8) is 0 Å². The summed E-state index contributed by atoms with van der Waals surface area (Å²) in [5.41, 5.74) is 7.15. The van der Waals surface area contributed by atoms with Gasteiger partial charge in [0.2, 0.25) is 5.79 Å². The van der Waals surface area contributed by atoms with Crippen LogP contribution in [0.2, 0.25) is 0 Å². The number of benzene rings is 2. The number of hydrogen-bond acceptors (Lipinski definition) is 10. The molecular weight excluding hydrogens is 543 g/mol. The fourth-order valence-electron chi connectivity index (χ4n) is 4.67. The highest BCUT2D eigenvalue weighted by atomic mass is 32.1. The van der Waals surface area contributed by atoms with Crippen molar-refractivity contribution in [2.75, 3.05) is 35.8 Å². The zero-order valence-electron chi connectivity index (χ0n) is 20.4. The standard InChI is InChI=1S/C24H24F3N5O6S/c1-32-17-7-4-12(21(34)35)9-16(17)30-23(32,19(20(28)33)37-11-14-3-2-8-36-14)31-22-29-15-6-5-13(10-18(15)39-22)38-24(25,26)27/h4-7,9-10,14,19,30H,2-3,8,11H2,1H3,(H2,28,33)(H,29,31)(H,34,35). The van der Waals surface area contributed by atoms with Crippen LogP contribution in [0.5, 0.6) is 5.75 Å². The summed E-state index contributed by atoms with van der Waals surface area (Å²) in [4.78, 5) is 30.5. The van der Waals surface area contributed by atoms with Crippen molar-refractivity contribution < 1.29 is 42.1 Å². The fraction of sp³-hybridized carbons (Fsp3) is 0.375. The molecule has 3 aromatic rings. The number of primary amides is 1. The third-order valence-corrected chi connectivity index (χ3v) is 7.39. The van der Waals surface area contributed by atoms with Crippen molar-refractivity contribution in [1.82, 2.24) is 4.98 Å². The number of carbonyl (C=O) groups is 2. The number of hydrogen-bond donors (Lipinski definition) is 4. The highest BCUT2D eigenvalue weighted by Gasteiger charge is 2.52. The van der Waals surface area contributed by atoms with E-state index in [1.165, 1.54) is 24.3 Å².